The van der Waals surface area contributed by atoms with Crippen molar-refractivity contribution in [2.45, 2.75) is 57.0 Å². The fourth-order valence-electron chi connectivity index (χ4n) is 5.83. The Balaban J connectivity index is 1.32. The number of benzene rings is 1. The second-order valence-electron chi connectivity index (χ2n) is 8.86. The smallest absolute Gasteiger partial charge is 0.321 e. The van der Waals surface area contributed by atoms with Crippen LogP contribution in [-0.4, -0.2) is 30.6 Å². The highest BCUT2D eigenvalue weighted by Gasteiger charge is 2.51. The lowest BCUT2D eigenvalue weighted by molar-refractivity contribution is -0.120. The molecule has 4 aliphatic rings. The number of urea groups is 1. The van der Waals surface area contributed by atoms with Crippen LogP contribution < -0.4 is 20.7 Å². The number of hydrogen-bond donors (Lipinski definition) is 3. The molecule has 4 fully saturated rings. The van der Waals surface area contributed by atoms with E-state index in [0.29, 0.717) is 16.5 Å². The molecule has 152 valence electrons. The highest BCUT2D eigenvalue weighted by molar-refractivity contribution is 6.32. The van der Waals surface area contributed by atoms with Crippen molar-refractivity contribution in [3.8, 4) is 5.75 Å². The highest BCUT2D eigenvalue weighted by Crippen LogP contribution is 2.55. The Morgan fingerprint density at radius 1 is 1.14 bits per heavy atom. The Bertz CT molecular complexity index is 747. The number of rotatable bonds is 5. The molecule has 7 heteroatoms. The fraction of sp³-hybridized carbons (Fsp3) is 0.619. The minimum atomic E-state index is -0.577. The predicted octanol–water partition coefficient (Wildman–Crippen LogP) is 3.94. The number of methoxy groups -OCH3 is 1. The number of ether oxygens (including phenoxy) is 1. The molecule has 4 bridgehead atoms. The van der Waals surface area contributed by atoms with E-state index in [1.165, 1.54) is 19.3 Å². The number of imide groups is 1. The molecule has 1 unspecified atom stereocenters. The third-order valence-electron chi connectivity index (χ3n) is 6.58. The molecule has 4 aliphatic carbocycles. The van der Waals surface area contributed by atoms with Crippen LogP contribution in [0.1, 0.15) is 45.4 Å². The number of carbonyl (C=O) groups excluding carboxylic acids is 2. The van der Waals surface area contributed by atoms with E-state index in [-0.39, 0.29) is 17.5 Å². The van der Waals surface area contributed by atoms with Crippen molar-refractivity contribution in [1.82, 2.24) is 10.6 Å². The summed E-state index contributed by atoms with van der Waals surface area (Å²) >= 11 is 6.12. The lowest BCUT2D eigenvalue weighted by atomic mass is 9.53. The van der Waals surface area contributed by atoms with Crippen molar-refractivity contribution in [1.29, 1.82) is 0 Å². The summed E-state index contributed by atoms with van der Waals surface area (Å²) in [6.07, 6.45) is 7.10. The molecule has 1 aromatic carbocycles. The van der Waals surface area contributed by atoms with Crippen molar-refractivity contribution in [2.24, 2.45) is 17.8 Å². The number of halogens is 1. The zero-order valence-electron chi connectivity index (χ0n) is 16.4. The molecule has 0 spiro atoms. The van der Waals surface area contributed by atoms with Gasteiger partial charge in [-0.15, -0.1) is 0 Å². The van der Waals surface area contributed by atoms with E-state index in [9.17, 15) is 9.59 Å². The summed E-state index contributed by atoms with van der Waals surface area (Å²) in [4.78, 5) is 25.0. The van der Waals surface area contributed by atoms with Crippen LogP contribution in [0.15, 0.2) is 18.2 Å². The first kappa shape index (κ1) is 19.4. The first-order valence-corrected chi connectivity index (χ1v) is 10.5. The van der Waals surface area contributed by atoms with Crippen LogP contribution >= 0.6 is 11.6 Å². The molecule has 0 aliphatic heterocycles. The third kappa shape index (κ3) is 3.93. The Morgan fingerprint density at radius 2 is 1.75 bits per heavy atom. The lowest BCUT2D eigenvalue weighted by Crippen LogP contribution is -2.62. The number of amides is 3. The highest BCUT2D eigenvalue weighted by atomic mass is 35.5. The summed E-state index contributed by atoms with van der Waals surface area (Å²) in [7, 11) is 1.55. The van der Waals surface area contributed by atoms with Crippen LogP contribution in [0.3, 0.4) is 0 Å². The maximum Gasteiger partial charge on any atom is 0.321 e. The normalized spacial score (nSPS) is 31.2. The van der Waals surface area contributed by atoms with Crippen molar-refractivity contribution >= 4 is 29.2 Å². The fourth-order valence-corrected chi connectivity index (χ4v) is 6.09. The van der Waals surface area contributed by atoms with E-state index in [4.69, 9.17) is 16.3 Å². The van der Waals surface area contributed by atoms with Crippen LogP contribution in [0.2, 0.25) is 5.02 Å². The van der Waals surface area contributed by atoms with Gasteiger partial charge in [-0.05, 0) is 81.4 Å². The van der Waals surface area contributed by atoms with E-state index in [2.05, 4.69) is 16.0 Å². The summed E-state index contributed by atoms with van der Waals surface area (Å²) in [6, 6.07) is 4.25. The van der Waals surface area contributed by atoms with Gasteiger partial charge in [0.05, 0.1) is 12.1 Å². The van der Waals surface area contributed by atoms with Gasteiger partial charge >= 0.3 is 6.03 Å². The van der Waals surface area contributed by atoms with Gasteiger partial charge < -0.3 is 15.4 Å². The van der Waals surface area contributed by atoms with Crippen LogP contribution in [0.4, 0.5) is 10.5 Å². The van der Waals surface area contributed by atoms with Gasteiger partial charge in [-0.2, -0.15) is 0 Å². The van der Waals surface area contributed by atoms with Crippen LogP contribution in [-0.2, 0) is 4.79 Å². The number of anilines is 1. The van der Waals surface area contributed by atoms with Crippen molar-refractivity contribution < 1.29 is 14.3 Å². The maximum absolute atomic E-state index is 12.5. The molecular weight excluding hydrogens is 378 g/mol. The first-order valence-electron chi connectivity index (χ1n) is 10.1. The average molecular weight is 406 g/mol. The third-order valence-corrected chi connectivity index (χ3v) is 6.88. The largest absolute Gasteiger partial charge is 0.495 e. The maximum atomic E-state index is 12.5. The summed E-state index contributed by atoms with van der Waals surface area (Å²) < 4.78 is 5.13. The molecule has 0 radical (unpaired) electrons. The van der Waals surface area contributed by atoms with Gasteiger partial charge in [0.1, 0.15) is 11.8 Å². The Hall–Kier alpha value is -1.95. The molecule has 0 saturated heterocycles. The Morgan fingerprint density at radius 3 is 2.29 bits per heavy atom. The van der Waals surface area contributed by atoms with E-state index in [1.54, 1.807) is 32.2 Å². The molecule has 6 nitrogen and oxygen atoms in total. The summed E-state index contributed by atoms with van der Waals surface area (Å²) in [5.41, 5.74) is 0.578. The summed E-state index contributed by atoms with van der Waals surface area (Å²) in [5, 5.41) is 9.19. The predicted molar refractivity (Wildman–Crippen MR) is 109 cm³/mol. The van der Waals surface area contributed by atoms with Crippen LogP contribution in [0.5, 0.6) is 5.75 Å². The van der Waals surface area contributed by atoms with Gasteiger partial charge in [0.25, 0.3) is 0 Å². The van der Waals surface area contributed by atoms with Gasteiger partial charge in [0.15, 0.2) is 0 Å². The molecule has 1 atom stereocenters. The van der Waals surface area contributed by atoms with Gasteiger partial charge in [0, 0.05) is 11.2 Å². The van der Waals surface area contributed by atoms with Gasteiger partial charge in [-0.3, -0.25) is 10.1 Å². The summed E-state index contributed by atoms with van der Waals surface area (Å²) in [6.45, 7) is 1.71. The Labute approximate surface area is 170 Å². The van der Waals surface area contributed by atoms with Crippen molar-refractivity contribution in [2.75, 3.05) is 12.4 Å². The zero-order chi connectivity index (χ0) is 19.9. The topological polar surface area (TPSA) is 79.5 Å². The van der Waals surface area contributed by atoms with E-state index < -0.39 is 6.04 Å². The first-order chi connectivity index (χ1) is 13.4. The van der Waals surface area contributed by atoms with Crippen molar-refractivity contribution in [3.63, 3.8) is 0 Å². The molecule has 0 heterocycles. The SMILES string of the molecule is COc1ccc(NC(C)C(=O)NC(=O)NC23CC4CC(CC(C4)C2)C3)cc1Cl. The molecule has 3 amide bonds. The second kappa shape index (κ2) is 7.47. The van der Waals surface area contributed by atoms with E-state index in [0.717, 1.165) is 37.0 Å². The average Bonchev–Trinajstić information content (AvgIpc) is 2.60. The quantitative estimate of drug-likeness (QED) is 0.693. The number of nitrogens with one attached hydrogen (secondary N) is 3. The Kier molecular flexibility index (Phi) is 5.17. The number of hydrogen-bond acceptors (Lipinski definition) is 4. The molecule has 28 heavy (non-hydrogen) atoms. The second-order valence-corrected chi connectivity index (χ2v) is 9.26. The lowest BCUT2D eigenvalue weighted by Gasteiger charge is -2.56. The van der Waals surface area contributed by atoms with Gasteiger partial charge in [-0.1, -0.05) is 11.6 Å². The van der Waals surface area contributed by atoms with Crippen molar-refractivity contribution in [3.05, 3.63) is 23.2 Å². The molecule has 4 saturated carbocycles. The number of carbonyl (C=O) groups is 2. The van der Waals surface area contributed by atoms with E-state index in [1.807, 2.05) is 0 Å². The van der Waals surface area contributed by atoms with Gasteiger partial charge in [0.2, 0.25) is 5.91 Å². The minimum absolute atomic E-state index is 0.112. The zero-order valence-corrected chi connectivity index (χ0v) is 17.1. The molecule has 1 aromatic rings. The summed E-state index contributed by atoms with van der Waals surface area (Å²) in [5.74, 6) is 2.42. The minimum Gasteiger partial charge on any atom is -0.495 e. The molecular formula is C21H28ClN3O3. The van der Waals surface area contributed by atoms with E-state index >= 15 is 0 Å². The molecule has 5 rings (SSSR count). The van der Waals surface area contributed by atoms with Gasteiger partial charge in [-0.25, -0.2) is 4.79 Å². The molecule has 3 N–H and O–H groups in total. The molecule has 0 aromatic heterocycles. The monoisotopic (exact) mass is 405 g/mol. The van der Waals surface area contributed by atoms with Crippen LogP contribution in [0.25, 0.3) is 0 Å². The standard InChI is InChI=1S/C21H28ClN3O3/c1-12(23-16-3-4-18(28-2)17(22)8-16)19(26)24-20(27)25-21-9-13-5-14(10-21)7-15(6-13)11-21/h3-4,8,12-15,23H,5-7,9-11H2,1-2H3,(H2,24,25,26,27). The van der Waals surface area contributed by atoms with Crippen LogP contribution in [0, 0.1) is 17.8 Å².